The van der Waals surface area contributed by atoms with Crippen molar-refractivity contribution in [1.82, 2.24) is 4.90 Å². The van der Waals surface area contributed by atoms with Crippen molar-refractivity contribution < 1.29 is 32.9 Å². The number of hydrogen-bond acceptors (Lipinski definition) is 6. The number of nitrogens with zero attached hydrogens (tertiary/aromatic N) is 1. The zero-order valence-electron chi connectivity index (χ0n) is 18.2. The number of amides is 1. The van der Waals surface area contributed by atoms with Crippen molar-refractivity contribution in [3.63, 3.8) is 0 Å². The van der Waals surface area contributed by atoms with Crippen molar-refractivity contribution in [2.75, 3.05) is 20.8 Å². The Labute approximate surface area is 166 Å². The number of ether oxygens (including phenoxy) is 5. The van der Waals surface area contributed by atoms with E-state index in [9.17, 15) is 9.18 Å². The minimum atomic E-state index is -1.21. The molecule has 7 nitrogen and oxygen atoms in total. The van der Waals surface area contributed by atoms with Crippen LogP contribution in [0.5, 0.6) is 0 Å². The third-order valence-corrected chi connectivity index (χ3v) is 6.45. The van der Waals surface area contributed by atoms with Gasteiger partial charge < -0.3 is 23.7 Å². The molecule has 162 valence electrons. The van der Waals surface area contributed by atoms with Crippen molar-refractivity contribution in [2.45, 2.75) is 95.5 Å². The molecule has 6 atom stereocenters. The highest BCUT2D eigenvalue weighted by Gasteiger charge is 2.69. The summed E-state index contributed by atoms with van der Waals surface area (Å²) in [5, 5.41) is 0. The van der Waals surface area contributed by atoms with Gasteiger partial charge >= 0.3 is 6.09 Å². The lowest BCUT2D eigenvalue weighted by molar-refractivity contribution is -0.459. The van der Waals surface area contributed by atoms with E-state index in [4.69, 9.17) is 23.7 Å². The second kappa shape index (κ2) is 6.79. The number of carbonyl (C=O) groups excluding carboxylic acids is 1. The van der Waals surface area contributed by atoms with E-state index in [0.717, 1.165) is 0 Å². The van der Waals surface area contributed by atoms with Crippen molar-refractivity contribution in [2.24, 2.45) is 5.92 Å². The number of piperidine rings is 1. The normalized spacial score (nSPS) is 40.8. The van der Waals surface area contributed by atoms with Crippen LogP contribution in [0.4, 0.5) is 9.18 Å². The number of carbonyl (C=O) groups is 1. The van der Waals surface area contributed by atoms with Gasteiger partial charge in [-0.3, -0.25) is 4.90 Å². The maximum absolute atomic E-state index is 14.9. The summed E-state index contributed by atoms with van der Waals surface area (Å²) in [6.07, 6.45) is -1.34. The van der Waals surface area contributed by atoms with Gasteiger partial charge in [-0.05, 0) is 54.4 Å². The molecule has 3 rings (SSSR count). The zero-order chi connectivity index (χ0) is 21.1. The van der Waals surface area contributed by atoms with Gasteiger partial charge in [0, 0.05) is 20.1 Å². The lowest BCUT2D eigenvalue weighted by Crippen LogP contribution is -2.73. The third kappa shape index (κ3) is 3.32. The largest absolute Gasteiger partial charge is 0.444 e. The van der Waals surface area contributed by atoms with Gasteiger partial charge in [0.2, 0.25) is 11.6 Å². The van der Waals surface area contributed by atoms with E-state index in [2.05, 4.69) is 0 Å². The summed E-state index contributed by atoms with van der Waals surface area (Å²) in [6.45, 7) is 10.7. The molecule has 2 aliphatic heterocycles. The van der Waals surface area contributed by atoms with Crippen LogP contribution in [0, 0.1) is 5.92 Å². The second-order valence-corrected chi connectivity index (χ2v) is 9.44. The molecular formula is C20H34FNO6. The quantitative estimate of drug-likeness (QED) is 0.721. The van der Waals surface area contributed by atoms with Crippen molar-refractivity contribution in [3.05, 3.63) is 0 Å². The minimum absolute atomic E-state index is 0.252. The fourth-order valence-electron chi connectivity index (χ4n) is 4.66. The Kier molecular flexibility index (Phi) is 5.27. The van der Waals surface area contributed by atoms with Crippen molar-refractivity contribution in [1.29, 1.82) is 0 Å². The van der Waals surface area contributed by atoms with Crippen LogP contribution in [0.1, 0.15) is 54.4 Å². The van der Waals surface area contributed by atoms with E-state index in [1.807, 2.05) is 20.8 Å². The SMILES string of the molecule is CO[C@@]1(C)O[C@@H]2[C@@H]([C@H](C)F)C3(CC3)N(C(=O)OC(C)(C)C)C[C@H]2O[C@]1(C)OC. The van der Waals surface area contributed by atoms with Gasteiger partial charge in [0.05, 0.1) is 18.2 Å². The molecule has 3 aliphatic rings. The maximum atomic E-state index is 14.9. The predicted octanol–water partition coefficient (Wildman–Crippen LogP) is 3.25. The van der Waals surface area contributed by atoms with Crippen LogP contribution in [0.15, 0.2) is 0 Å². The van der Waals surface area contributed by atoms with Crippen LogP contribution in [-0.2, 0) is 23.7 Å². The summed E-state index contributed by atoms with van der Waals surface area (Å²) in [5.74, 6) is -2.96. The van der Waals surface area contributed by atoms with Crippen LogP contribution >= 0.6 is 0 Å². The number of likely N-dealkylation sites (tertiary alicyclic amines) is 1. The van der Waals surface area contributed by atoms with E-state index in [1.54, 1.807) is 18.7 Å². The highest BCUT2D eigenvalue weighted by Crippen LogP contribution is 2.57. The van der Waals surface area contributed by atoms with Gasteiger partial charge in [-0.15, -0.1) is 0 Å². The molecule has 1 aliphatic carbocycles. The molecule has 1 saturated carbocycles. The molecule has 8 heteroatoms. The first-order valence-electron chi connectivity index (χ1n) is 9.93. The van der Waals surface area contributed by atoms with Gasteiger partial charge in [-0.1, -0.05) is 0 Å². The summed E-state index contributed by atoms with van der Waals surface area (Å²) in [7, 11) is 3.02. The summed E-state index contributed by atoms with van der Waals surface area (Å²) < 4.78 is 44.3. The highest BCUT2D eigenvalue weighted by atomic mass is 19.1. The first kappa shape index (κ1) is 21.7. The van der Waals surface area contributed by atoms with E-state index >= 15 is 0 Å². The smallest absolute Gasteiger partial charge is 0.410 e. The number of rotatable bonds is 3. The Morgan fingerprint density at radius 2 is 1.68 bits per heavy atom. The molecule has 2 saturated heterocycles. The molecule has 0 N–H and O–H groups in total. The van der Waals surface area contributed by atoms with E-state index < -0.39 is 53.1 Å². The molecule has 28 heavy (non-hydrogen) atoms. The van der Waals surface area contributed by atoms with Gasteiger partial charge in [-0.2, -0.15) is 0 Å². The number of alkyl halides is 1. The summed E-state index contributed by atoms with van der Waals surface area (Å²) in [6, 6.07) is 0. The Morgan fingerprint density at radius 3 is 2.11 bits per heavy atom. The predicted molar refractivity (Wildman–Crippen MR) is 99.5 cm³/mol. The van der Waals surface area contributed by atoms with Gasteiger partial charge in [0.1, 0.15) is 17.9 Å². The third-order valence-electron chi connectivity index (χ3n) is 6.45. The van der Waals surface area contributed by atoms with Crippen molar-refractivity contribution >= 4 is 6.09 Å². The fourth-order valence-corrected chi connectivity index (χ4v) is 4.66. The van der Waals surface area contributed by atoms with Crippen LogP contribution < -0.4 is 0 Å². The molecule has 0 aromatic heterocycles. The molecule has 2 heterocycles. The van der Waals surface area contributed by atoms with Gasteiger partial charge in [0.15, 0.2) is 0 Å². The highest BCUT2D eigenvalue weighted by molar-refractivity contribution is 5.70. The molecule has 0 aromatic carbocycles. The van der Waals surface area contributed by atoms with E-state index in [0.29, 0.717) is 12.8 Å². The Morgan fingerprint density at radius 1 is 1.14 bits per heavy atom. The first-order chi connectivity index (χ1) is 12.8. The Balaban J connectivity index is 1.96. The molecule has 0 aromatic rings. The molecule has 0 unspecified atom stereocenters. The van der Waals surface area contributed by atoms with Gasteiger partial charge in [0.25, 0.3) is 0 Å². The maximum Gasteiger partial charge on any atom is 0.410 e. The molecule has 1 amide bonds. The molecule has 3 fully saturated rings. The molecular weight excluding hydrogens is 369 g/mol. The van der Waals surface area contributed by atoms with E-state index in [1.165, 1.54) is 21.1 Å². The summed E-state index contributed by atoms with van der Waals surface area (Å²) in [5.41, 5.74) is -1.25. The first-order valence-corrected chi connectivity index (χ1v) is 9.93. The van der Waals surface area contributed by atoms with Crippen LogP contribution in [-0.4, -0.2) is 72.9 Å². The van der Waals surface area contributed by atoms with Crippen molar-refractivity contribution in [3.8, 4) is 0 Å². The lowest BCUT2D eigenvalue weighted by Gasteiger charge is -2.58. The Bertz CT molecular complexity index is 618. The van der Waals surface area contributed by atoms with E-state index in [-0.39, 0.29) is 6.54 Å². The van der Waals surface area contributed by atoms with Crippen LogP contribution in [0.2, 0.25) is 0 Å². The molecule has 0 bridgehead atoms. The van der Waals surface area contributed by atoms with Gasteiger partial charge in [-0.25, -0.2) is 9.18 Å². The van der Waals surface area contributed by atoms with Crippen LogP contribution in [0.25, 0.3) is 0 Å². The molecule has 1 spiro atoms. The Hall–Kier alpha value is -0.960. The molecule has 0 radical (unpaired) electrons. The number of fused-ring (bicyclic) bond motifs is 1. The number of halogens is 1. The average Bonchev–Trinajstić information content (AvgIpc) is 3.34. The lowest BCUT2D eigenvalue weighted by atomic mass is 9.78. The second-order valence-electron chi connectivity index (χ2n) is 9.44. The fraction of sp³-hybridized carbons (Fsp3) is 0.950. The minimum Gasteiger partial charge on any atom is -0.444 e. The summed E-state index contributed by atoms with van der Waals surface area (Å²) >= 11 is 0. The number of methoxy groups -OCH3 is 2. The number of hydrogen-bond donors (Lipinski definition) is 0. The van der Waals surface area contributed by atoms with Crippen LogP contribution in [0.3, 0.4) is 0 Å². The summed E-state index contributed by atoms with van der Waals surface area (Å²) in [4.78, 5) is 14.6. The monoisotopic (exact) mass is 403 g/mol. The average molecular weight is 403 g/mol. The standard InChI is InChI=1S/C20H34FNO6/c1-12(21)14-15-13(26-18(5,24-7)19(6,25-8)27-15)11-22(20(14)9-10-20)16(23)28-17(2,3)4/h12-15H,9-11H2,1-8H3/t12-,13+,14+,15-,18-,19-/m0/s1. The topological polar surface area (TPSA) is 66.5 Å². The zero-order valence-corrected chi connectivity index (χ0v) is 18.2.